The molecule has 4 rings (SSSR count). The Morgan fingerprint density at radius 3 is 2.69 bits per heavy atom. The summed E-state index contributed by atoms with van der Waals surface area (Å²) in [7, 11) is 0. The lowest BCUT2D eigenvalue weighted by Gasteiger charge is -2.07. The lowest BCUT2D eigenvalue weighted by atomic mass is 10.1. The second-order valence-corrected chi connectivity index (χ2v) is 6.00. The van der Waals surface area contributed by atoms with E-state index in [0.717, 1.165) is 23.4 Å². The predicted molar refractivity (Wildman–Crippen MR) is 93.8 cm³/mol. The van der Waals surface area contributed by atoms with Gasteiger partial charge in [-0.1, -0.05) is 12.1 Å². The molecule has 0 atom stereocenters. The van der Waals surface area contributed by atoms with Crippen LogP contribution in [-0.2, 0) is 6.54 Å². The number of rotatable bonds is 3. The molecule has 0 radical (unpaired) electrons. The normalized spacial score (nSPS) is 11.2. The maximum Gasteiger partial charge on any atom is 0.328 e. The number of fused-ring (bicyclic) bond motifs is 1. The molecule has 0 unspecified atom stereocenters. The SMILES string of the molecule is Cc1cccnc1Cn1c(=O)[nH]c2ncc(-c3ccc(F)c(F)c3)cc21. The highest BCUT2D eigenvalue weighted by molar-refractivity contribution is 5.78. The molecule has 0 saturated heterocycles. The molecule has 0 aliphatic carbocycles. The molecule has 7 heteroatoms. The van der Waals surface area contributed by atoms with Crippen LogP contribution in [0.15, 0.2) is 53.6 Å². The fraction of sp³-hybridized carbons (Fsp3) is 0.105. The van der Waals surface area contributed by atoms with Crippen LogP contribution in [0.4, 0.5) is 8.78 Å². The number of imidazole rings is 1. The number of nitrogens with one attached hydrogen (secondary N) is 1. The van der Waals surface area contributed by atoms with Crippen LogP contribution in [0.3, 0.4) is 0 Å². The van der Waals surface area contributed by atoms with Gasteiger partial charge in [0.15, 0.2) is 17.3 Å². The first-order chi connectivity index (χ1) is 12.5. The van der Waals surface area contributed by atoms with Crippen molar-refractivity contribution in [1.29, 1.82) is 0 Å². The Morgan fingerprint density at radius 1 is 1.08 bits per heavy atom. The van der Waals surface area contributed by atoms with E-state index in [9.17, 15) is 13.6 Å². The molecule has 0 spiro atoms. The third-order valence-corrected chi connectivity index (χ3v) is 4.31. The highest BCUT2D eigenvalue weighted by Crippen LogP contribution is 2.23. The van der Waals surface area contributed by atoms with E-state index in [1.54, 1.807) is 12.3 Å². The van der Waals surface area contributed by atoms with Crippen molar-refractivity contribution >= 4 is 11.2 Å². The molecule has 3 heterocycles. The average Bonchev–Trinajstić information content (AvgIpc) is 2.94. The lowest BCUT2D eigenvalue weighted by Crippen LogP contribution is -2.18. The van der Waals surface area contributed by atoms with E-state index in [4.69, 9.17) is 0 Å². The van der Waals surface area contributed by atoms with Crippen molar-refractivity contribution < 1.29 is 8.78 Å². The van der Waals surface area contributed by atoms with Crippen molar-refractivity contribution in [1.82, 2.24) is 19.5 Å². The maximum atomic E-state index is 13.5. The number of aryl methyl sites for hydroxylation is 1. The number of hydrogen-bond acceptors (Lipinski definition) is 3. The summed E-state index contributed by atoms with van der Waals surface area (Å²) in [5.74, 6) is -1.84. The van der Waals surface area contributed by atoms with Gasteiger partial charge in [0.1, 0.15) is 0 Å². The van der Waals surface area contributed by atoms with Gasteiger partial charge in [-0.05, 0) is 42.3 Å². The molecular weight excluding hydrogens is 338 g/mol. The molecule has 3 aromatic heterocycles. The third kappa shape index (κ3) is 2.77. The Morgan fingerprint density at radius 2 is 1.92 bits per heavy atom. The van der Waals surface area contributed by atoms with Gasteiger partial charge in [0.25, 0.3) is 0 Å². The number of pyridine rings is 2. The van der Waals surface area contributed by atoms with Gasteiger partial charge in [0, 0.05) is 18.0 Å². The number of hydrogen-bond donors (Lipinski definition) is 1. The van der Waals surface area contributed by atoms with E-state index in [1.165, 1.54) is 16.8 Å². The second-order valence-electron chi connectivity index (χ2n) is 6.00. The summed E-state index contributed by atoms with van der Waals surface area (Å²) in [6.45, 7) is 2.21. The first kappa shape index (κ1) is 16.1. The fourth-order valence-corrected chi connectivity index (χ4v) is 2.86. The minimum absolute atomic E-state index is 0.286. The molecule has 0 amide bonds. The van der Waals surface area contributed by atoms with Gasteiger partial charge in [-0.3, -0.25) is 14.5 Å². The van der Waals surface area contributed by atoms with Crippen molar-refractivity contribution in [3.63, 3.8) is 0 Å². The minimum Gasteiger partial charge on any atom is -0.290 e. The zero-order valence-corrected chi connectivity index (χ0v) is 13.8. The Hall–Kier alpha value is -3.35. The third-order valence-electron chi connectivity index (χ3n) is 4.31. The molecule has 0 aliphatic rings. The first-order valence-corrected chi connectivity index (χ1v) is 7.97. The van der Waals surface area contributed by atoms with Crippen LogP contribution >= 0.6 is 0 Å². The largest absolute Gasteiger partial charge is 0.328 e. The summed E-state index contributed by atoms with van der Waals surface area (Å²) in [4.78, 5) is 23.6. The van der Waals surface area contributed by atoms with Gasteiger partial charge in [0.2, 0.25) is 0 Å². The van der Waals surface area contributed by atoms with E-state index in [1.807, 2.05) is 19.1 Å². The number of H-pyrrole nitrogens is 1. The van der Waals surface area contributed by atoms with Crippen LogP contribution < -0.4 is 5.69 Å². The molecule has 4 aromatic rings. The zero-order chi connectivity index (χ0) is 18.3. The topological polar surface area (TPSA) is 63.6 Å². The van der Waals surface area contributed by atoms with Crippen LogP contribution in [0.2, 0.25) is 0 Å². The average molecular weight is 352 g/mol. The number of benzene rings is 1. The smallest absolute Gasteiger partial charge is 0.290 e. The highest BCUT2D eigenvalue weighted by atomic mass is 19.2. The Kier molecular flexibility index (Phi) is 3.84. The molecule has 1 N–H and O–H groups in total. The van der Waals surface area contributed by atoms with Crippen LogP contribution in [0.1, 0.15) is 11.3 Å². The highest BCUT2D eigenvalue weighted by Gasteiger charge is 2.12. The molecule has 1 aromatic carbocycles. The maximum absolute atomic E-state index is 13.5. The van der Waals surface area contributed by atoms with Crippen molar-refractivity contribution in [2.75, 3.05) is 0 Å². The zero-order valence-electron chi connectivity index (χ0n) is 13.8. The molecule has 0 aliphatic heterocycles. The second kappa shape index (κ2) is 6.18. The predicted octanol–water partition coefficient (Wildman–Crippen LogP) is 3.42. The number of aromatic amines is 1. The standard InChI is InChI=1S/C19H14F2N4O/c1-11-3-2-6-22-16(11)10-25-17-8-13(9-23-18(17)24-19(25)26)12-4-5-14(20)15(21)7-12/h2-9H,10H2,1H3,(H,23,24,26). The van der Waals surface area contributed by atoms with E-state index in [2.05, 4.69) is 15.0 Å². The van der Waals surface area contributed by atoms with Crippen LogP contribution in [0.5, 0.6) is 0 Å². The lowest BCUT2D eigenvalue weighted by molar-refractivity contribution is 0.509. The van der Waals surface area contributed by atoms with E-state index in [0.29, 0.717) is 22.3 Å². The van der Waals surface area contributed by atoms with Crippen LogP contribution in [0, 0.1) is 18.6 Å². The van der Waals surface area contributed by atoms with E-state index < -0.39 is 11.6 Å². The van der Waals surface area contributed by atoms with Crippen molar-refractivity contribution in [2.45, 2.75) is 13.5 Å². The Labute approximate surface area is 147 Å². The summed E-state index contributed by atoms with van der Waals surface area (Å²) in [5, 5.41) is 0. The van der Waals surface area contributed by atoms with Gasteiger partial charge in [-0.2, -0.15) is 0 Å². The molecule has 26 heavy (non-hydrogen) atoms. The summed E-state index contributed by atoms with van der Waals surface area (Å²) in [5.41, 5.74) is 3.50. The minimum atomic E-state index is -0.932. The molecule has 5 nitrogen and oxygen atoms in total. The van der Waals surface area contributed by atoms with Gasteiger partial charge in [-0.25, -0.2) is 18.6 Å². The fourth-order valence-electron chi connectivity index (χ4n) is 2.86. The molecule has 0 saturated carbocycles. The van der Waals surface area contributed by atoms with E-state index in [-0.39, 0.29) is 12.2 Å². The Balaban J connectivity index is 1.84. The molecule has 0 fully saturated rings. The number of nitrogens with zero attached hydrogens (tertiary/aromatic N) is 3. The summed E-state index contributed by atoms with van der Waals surface area (Å²) < 4.78 is 28.2. The van der Waals surface area contributed by atoms with Crippen molar-refractivity contribution in [3.8, 4) is 11.1 Å². The summed E-state index contributed by atoms with van der Waals surface area (Å²) in [6.07, 6.45) is 3.19. The van der Waals surface area contributed by atoms with Gasteiger partial charge in [-0.15, -0.1) is 0 Å². The monoisotopic (exact) mass is 352 g/mol. The van der Waals surface area contributed by atoms with Crippen LogP contribution in [-0.4, -0.2) is 19.5 Å². The quantitative estimate of drug-likeness (QED) is 0.614. The van der Waals surface area contributed by atoms with Gasteiger partial charge in [0.05, 0.1) is 17.8 Å². The van der Waals surface area contributed by atoms with Crippen molar-refractivity contribution in [2.24, 2.45) is 0 Å². The van der Waals surface area contributed by atoms with Gasteiger partial charge >= 0.3 is 5.69 Å². The van der Waals surface area contributed by atoms with Crippen LogP contribution in [0.25, 0.3) is 22.3 Å². The summed E-state index contributed by atoms with van der Waals surface area (Å²) in [6, 6.07) is 9.13. The first-order valence-electron chi connectivity index (χ1n) is 7.97. The molecule has 130 valence electrons. The van der Waals surface area contributed by atoms with Crippen molar-refractivity contribution in [3.05, 3.63) is 82.2 Å². The van der Waals surface area contributed by atoms with E-state index >= 15 is 0 Å². The molecular formula is C19H14F2N4O. The Bertz CT molecular complexity index is 1180. The summed E-state index contributed by atoms with van der Waals surface area (Å²) >= 11 is 0. The molecule has 0 bridgehead atoms. The number of aromatic nitrogens is 4. The van der Waals surface area contributed by atoms with Gasteiger partial charge < -0.3 is 0 Å². The number of halogens is 2.